The summed E-state index contributed by atoms with van der Waals surface area (Å²) in [6.07, 6.45) is 0. The van der Waals surface area contributed by atoms with Gasteiger partial charge in [-0.05, 0) is 38.0 Å². The molecule has 0 aliphatic rings. The summed E-state index contributed by atoms with van der Waals surface area (Å²) in [6.45, 7) is 6.24. The van der Waals surface area contributed by atoms with Crippen molar-refractivity contribution in [2.75, 3.05) is 0 Å². The standard InChI is InChI=1S/C9H11.2BrH.Sb/c1-7-4-8(2)6-9(3)5-7;;;/h4-5H,1-3H3;2*1H;/p-2. The first-order chi connectivity index (χ1) is 4.18. The van der Waals surface area contributed by atoms with Crippen LogP contribution in [-0.4, -0.2) is 24.4 Å². The summed E-state index contributed by atoms with van der Waals surface area (Å²) in [6, 6.07) is 7.47. The van der Waals surface area contributed by atoms with Crippen LogP contribution < -0.4 is 34.0 Å². The minimum atomic E-state index is 0. The second kappa shape index (κ2) is 8.59. The molecule has 0 saturated carbocycles. The Balaban J connectivity index is -0.000000270. The molecule has 1 aromatic carbocycles. The molecular formula is C9H11Br2Sb-2. The number of hydrogen-bond donors (Lipinski definition) is 0. The molecule has 0 atom stereocenters. The Morgan fingerprint density at radius 2 is 1.25 bits per heavy atom. The van der Waals surface area contributed by atoms with Crippen LogP contribution in [-0.2, 0) is 0 Å². The monoisotopic (exact) mass is 398 g/mol. The molecule has 0 aromatic heterocycles. The Morgan fingerprint density at radius 1 is 0.917 bits per heavy atom. The summed E-state index contributed by atoms with van der Waals surface area (Å²) in [5.74, 6) is 0. The number of rotatable bonds is 0. The second-order valence-corrected chi connectivity index (χ2v) is 2.52. The van der Waals surface area contributed by atoms with E-state index in [1.165, 1.54) is 16.7 Å². The maximum atomic E-state index is 3.21. The Hall–Kier alpha value is 0.998. The van der Waals surface area contributed by atoms with Gasteiger partial charge in [0, 0.05) is 24.4 Å². The third-order valence-electron chi connectivity index (χ3n) is 1.28. The van der Waals surface area contributed by atoms with Gasteiger partial charge in [-0.25, -0.2) is 0 Å². The van der Waals surface area contributed by atoms with E-state index in [9.17, 15) is 0 Å². The Bertz CT molecular complexity index is 173. The van der Waals surface area contributed by atoms with E-state index in [0.717, 1.165) is 0 Å². The summed E-state index contributed by atoms with van der Waals surface area (Å²) < 4.78 is 0. The third-order valence-corrected chi connectivity index (χ3v) is 1.28. The van der Waals surface area contributed by atoms with Crippen molar-refractivity contribution >= 4 is 24.4 Å². The smallest absolute Gasteiger partial charge is 0 e. The molecule has 0 bridgehead atoms. The Labute approximate surface area is 113 Å². The summed E-state index contributed by atoms with van der Waals surface area (Å²) in [4.78, 5) is 0. The van der Waals surface area contributed by atoms with E-state index in [0.29, 0.717) is 0 Å². The molecule has 3 heteroatoms. The number of aryl methyl sites for hydroxylation is 3. The van der Waals surface area contributed by atoms with E-state index in [-0.39, 0.29) is 58.4 Å². The van der Waals surface area contributed by atoms with Crippen molar-refractivity contribution in [2.24, 2.45) is 0 Å². The van der Waals surface area contributed by atoms with Gasteiger partial charge in [0.25, 0.3) is 0 Å². The first-order valence-electron chi connectivity index (χ1n) is 3.15. The third kappa shape index (κ3) is 6.51. The van der Waals surface area contributed by atoms with E-state index < -0.39 is 0 Å². The first-order valence-corrected chi connectivity index (χ1v) is 3.15. The van der Waals surface area contributed by atoms with Gasteiger partial charge in [0.1, 0.15) is 0 Å². The van der Waals surface area contributed by atoms with Gasteiger partial charge in [0.2, 0.25) is 0 Å². The quantitative estimate of drug-likeness (QED) is 0.390. The van der Waals surface area contributed by atoms with Crippen LogP contribution in [0.5, 0.6) is 0 Å². The number of halogens is 2. The van der Waals surface area contributed by atoms with Crippen LogP contribution in [0.15, 0.2) is 12.1 Å². The van der Waals surface area contributed by atoms with Crippen molar-refractivity contribution in [1.29, 1.82) is 0 Å². The summed E-state index contributed by atoms with van der Waals surface area (Å²) in [7, 11) is 0. The molecule has 1 aromatic rings. The Kier molecular flexibility index (Phi) is 13.4. The molecule has 4 radical (unpaired) electrons. The topological polar surface area (TPSA) is 0 Å². The molecule has 0 spiro atoms. The van der Waals surface area contributed by atoms with E-state index in [4.69, 9.17) is 0 Å². The molecule has 0 fully saturated rings. The van der Waals surface area contributed by atoms with Crippen molar-refractivity contribution in [2.45, 2.75) is 20.8 Å². The van der Waals surface area contributed by atoms with Crippen molar-refractivity contribution in [3.63, 3.8) is 0 Å². The molecule has 0 saturated heterocycles. The SMILES string of the molecule is Cc1[c]c(C)cc(C)c1.[Br-].[Br-].[Sb]. The molecular weight excluding hydrogens is 390 g/mol. The van der Waals surface area contributed by atoms with E-state index in [2.05, 4.69) is 39.0 Å². The molecule has 0 heterocycles. The first kappa shape index (κ1) is 18.7. The molecule has 68 valence electrons. The summed E-state index contributed by atoms with van der Waals surface area (Å²) >= 11 is 0. The van der Waals surface area contributed by atoms with E-state index >= 15 is 0 Å². The van der Waals surface area contributed by atoms with Crippen LogP contribution in [0.1, 0.15) is 16.7 Å². The molecule has 0 amide bonds. The predicted molar refractivity (Wildman–Crippen MR) is 45.2 cm³/mol. The number of hydrogen-bond acceptors (Lipinski definition) is 0. The molecule has 0 aliphatic heterocycles. The molecule has 1 rings (SSSR count). The zero-order valence-electron chi connectivity index (χ0n) is 7.36. The van der Waals surface area contributed by atoms with Gasteiger partial charge in [-0.1, -0.05) is 17.7 Å². The van der Waals surface area contributed by atoms with Crippen LogP contribution in [0.2, 0.25) is 0 Å². The molecule has 0 aliphatic carbocycles. The predicted octanol–water partition coefficient (Wildman–Crippen LogP) is -3.96. The van der Waals surface area contributed by atoms with Crippen LogP contribution in [0.25, 0.3) is 0 Å². The van der Waals surface area contributed by atoms with Gasteiger partial charge in [0.15, 0.2) is 0 Å². The van der Waals surface area contributed by atoms with Gasteiger partial charge >= 0.3 is 0 Å². The van der Waals surface area contributed by atoms with Gasteiger partial charge in [-0.3, -0.25) is 0 Å². The van der Waals surface area contributed by atoms with E-state index in [1.54, 1.807) is 0 Å². The minimum Gasteiger partial charge on any atom is -1.00 e. The van der Waals surface area contributed by atoms with Crippen LogP contribution in [0.3, 0.4) is 0 Å². The normalized spacial score (nSPS) is 7.25. The van der Waals surface area contributed by atoms with Crippen LogP contribution in [0, 0.1) is 26.8 Å². The summed E-state index contributed by atoms with van der Waals surface area (Å²) in [5.41, 5.74) is 3.78. The van der Waals surface area contributed by atoms with Gasteiger partial charge in [-0.15, -0.1) is 0 Å². The van der Waals surface area contributed by atoms with Crippen molar-refractivity contribution < 1.29 is 34.0 Å². The number of benzene rings is 1. The maximum Gasteiger partial charge on any atom is 0 e. The second-order valence-electron chi connectivity index (χ2n) is 2.52. The van der Waals surface area contributed by atoms with Crippen LogP contribution in [0.4, 0.5) is 0 Å². The average Bonchev–Trinajstić information content (AvgIpc) is 1.59. The average molecular weight is 401 g/mol. The summed E-state index contributed by atoms with van der Waals surface area (Å²) in [5, 5.41) is 0. The molecule has 0 nitrogen and oxygen atoms in total. The van der Waals surface area contributed by atoms with Crippen molar-refractivity contribution in [1.82, 2.24) is 0 Å². The fourth-order valence-corrected chi connectivity index (χ4v) is 1.11. The molecule has 0 unspecified atom stereocenters. The minimum absolute atomic E-state index is 0. The fourth-order valence-electron chi connectivity index (χ4n) is 1.11. The zero-order chi connectivity index (χ0) is 6.85. The van der Waals surface area contributed by atoms with Gasteiger partial charge in [0.05, 0.1) is 0 Å². The van der Waals surface area contributed by atoms with E-state index in [1.807, 2.05) is 0 Å². The Morgan fingerprint density at radius 3 is 1.50 bits per heavy atom. The molecule has 12 heavy (non-hydrogen) atoms. The largest absolute Gasteiger partial charge is 1.00 e. The van der Waals surface area contributed by atoms with Crippen molar-refractivity contribution in [3.8, 4) is 0 Å². The van der Waals surface area contributed by atoms with Crippen molar-refractivity contribution in [3.05, 3.63) is 34.9 Å². The maximum absolute atomic E-state index is 3.21. The van der Waals surface area contributed by atoms with Gasteiger partial charge in [-0.2, -0.15) is 0 Å². The zero-order valence-corrected chi connectivity index (χ0v) is 13.1. The van der Waals surface area contributed by atoms with Gasteiger partial charge < -0.3 is 34.0 Å². The van der Waals surface area contributed by atoms with Crippen LogP contribution >= 0.6 is 0 Å². The fraction of sp³-hybridized carbons (Fsp3) is 0.333. The molecule has 0 N–H and O–H groups in total.